The van der Waals surface area contributed by atoms with Crippen molar-refractivity contribution >= 4 is 46.5 Å². The number of rotatable bonds is 8. The molecule has 0 saturated heterocycles. The molecule has 0 aliphatic carbocycles. The van der Waals surface area contributed by atoms with Gasteiger partial charge in [-0.1, -0.05) is 63.1 Å². The summed E-state index contributed by atoms with van der Waals surface area (Å²) in [5.74, 6) is 1.10. The van der Waals surface area contributed by atoms with Gasteiger partial charge in [-0.2, -0.15) is 4.98 Å². The number of aryl methyl sites for hydroxylation is 2. The molecule has 0 fully saturated rings. The predicted octanol–water partition coefficient (Wildman–Crippen LogP) is 7.38. The molecular weight excluding hydrogens is 400 g/mol. The zero-order valence-corrected chi connectivity index (χ0v) is 18.9. The molecule has 0 bridgehead atoms. The second kappa shape index (κ2) is 9.99. The van der Waals surface area contributed by atoms with E-state index in [0.717, 1.165) is 34.7 Å². The maximum atomic E-state index is 6.38. The molecule has 0 saturated carbocycles. The maximum absolute atomic E-state index is 6.38. The second-order valence-corrected chi connectivity index (χ2v) is 9.23. The van der Waals surface area contributed by atoms with Gasteiger partial charge in [0.25, 0.3) is 0 Å². The molecule has 1 heterocycles. The second-order valence-electron chi connectivity index (χ2n) is 7.20. The van der Waals surface area contributed by atoms with E-state index >= 15 is 0 Å². The summed E-state index contributed by atoms with van der Waals surface area (Å²) < 4.78 is 0. The average molecular weight is 427 g/mol. The molecule has 0 aliphatic heterocycles. The summed E-state index contributed by atoms with van der Waals surface area (Å²) in [6.45, 7) is 8.61. The fraction of sp³-hybridized carbons (Fsp3) is 0.304. The van der Waals surface area contributed by atoms with Gasteiger partial charge in [0, 0.05) is 15.8 Å². The van der Waals surface area contributed by atoms with E-state index in [2.05, 4.69) is 72.6 Å². The molecule has 0 aliphatic rings. The highest BCUT2D eigenvalue weighted by molar-refractivity contribution is 8.00. The van der Waals surface area contributed by atoms with Crippen LogP contribution in [0.1, 0.15) is 38.3 Å². The van der Waals surface area contributed by atoms with Crippen molar-refractivity contribution in [3.8, 4) is 0 Å². The summed E-state index contributed by atoms with van der Waals surface area (Å²) in [6.07, 6.45) is 3.79. The molecule has 0 atom stereocenters. The summed E-state index contributed by atoms with van der Waals surface area (Å²) in [4.78, 5) is 10.2. The first-order valence-corrected chi connectivity index (χ1v) is 11.1. The molecular formula is C23H27ClN4S. The number of nitrogens with one attached hydrogen (secondary N) is 2. The van der Waals surface area contributed by atoms with Crippen LogP contribution in [0.15, 0.2) is 53.6 Å². The standard InChI is InChI=1S/C23H27ClN4S/c1-5-8-17-12-11-16(4)20(13-17)27-23-25-14-18(24)22(28-23)26-19-9-6-7-10-21(19)29-15(2)3/h6-7,9-15H,5,8H2,1-4H3,(H2,25,26,27,28). The van der Waals surface area contributed by atoms with Crippen molar-refractivity contribution < 1.29 is 0 Å². The van der Waals surface area contributed by atoms with E-state index < -0.39 is 0 Å². The molecule has 0 radical (unpaired) electrons. The third-order valence-corrected chi connectivity index (χ3v) is 5.69. The molecule has 0 amide bonds. The van der Waals surface area contributed by atoms with Crippen molar-refractivity contribution in [2.45, 2.75) is 50.7 Å². The molecule has 0 spiro atoms. The molecule has 4 nitrogen and oxygen atoms in total. The van der Waals surface area contributed by atoms with E-state index in [-0.39, 0.29) is 0 Å². The highest BCUT2D eigenvalue weighted by Crippen LogP contribution is 2.33. The van der Waals surface area contributed by atoms with Gasteiger partial charge in [-0.05, 0) is 42.7 Å². The lowest BCUT2D eigenvalue weighted by Crippen LogP contribution is -2.03. The third-order valence-electron chi connectivity index (χ3n) is 4.33. The Hall–Kier alpha value is -2.24. The number of para-hydroxylation sites is 1. The van der Waals surface area contributed by atoms with Gasteiger partial charge >= 0.3 is 0 Å². The van der Waals surface area contributed by atoms with E-state index in [1.165, 1.54) is 5.56 Å². The Labute approximate surface area is 182 Å². The molecule has 2 N–H and O–H groups in total. The Kier molecular flexibility index (Phi) is 7.40. The van der Waals surface area contributed by atoms with E-state index in [4.69, 9.17) is 11.6 Å². The Morgan fingerprint density at radius 1 is 1.07 bits per heavy atom. The van der Waals surface area contributed by atoms with Crippen LogP contribution in [-0.2, 0) is 6.42 Å². The summed E-state index contributed by atoms with van der Waals surface area (Å²) in [7, 11) is 0. The number of thioether (sulfide) groups is 1. The topological polar surface area (TPSA) is 49.8 Å². The molecule has 3 rings (SSSR count). The smallest absolute Gasteiger partial charge is 0.229 e. The monoisotopic (exact) mass is 426 g/mol. The van der Waals surface area contributed by atoms with Gasteiger partial charge in [-0.15, -0.1) is 11.8 Å². The van der Waals surface area contributed by atoms with Gasteiger partial charge in [-0.3, -0.25) is 0 Å². The maximum Gasteiger partial charge on any atom is 0.229 e. The van der Waals surface area contributed by atoms with Crippen LogP contribution in [0.3, 0.4) is 0 Å². The molecule has 2 aromatic carbocycles. The predicted molar refractivity (Wildman–Crippen MR) is 126 cm³/mol. The Morgan fingerprint density at radius 3 is 2.62 bits per heavy atom. The lowest BCUT2D eigenvalue weighted by molar-refractivity contribution is 0.921. The number of anilines is 4. The fourth-order valence-electron chi connectivity index (χ4n) is 2.94. The summed E-state index contributed by atoms with van der Waals surface area (Å²) >= 11 is 8.18. The quantitative estimate of drug-likeness (QED) is 0.368. The van der Waals surface area contributed by atoms with Gasteiger partial charge in [-0.25, -0.2) is 4.98 Å². The molecule has 1 aromatic heterocycles. The highest BCUT2D eigenvalue weighted by atomic mass is 35.5. The van der Waals surface area contributed by atoms with Gasteiger partial charge in [0.2, 0.25) is 5.95 Å². The van der Waals surface area contributed by atoms with Crippen molar-refractivity contribution in [2.24, 2.45) is 0 Å². The van der Waals surface area contributed by atoms with Crippen LogP contribution in [-0.4, -0.2) is 15.2 Å². The summed E-state index contributed by atoms with van der Waals surface area (Å²) in [6, 6.07) is 14.6. The minimum absolute atomic E-state index is 0.481. The van der Waals surface area contributed by atoms with E-state index in [1.807, 2.05) is 18.2 Å². The largest absolute Gasteiger partial charge is 0.338 e. The van der Waals surface area contributed by atoms with Crippen LogP contribution in [0.25, 0.3) is 0 Å². The lowest BCUT2D eigenvalue weighted by atomic mass is 10.1. The lowest BCUT2D eigenvalue weighted by Gasteiger charge is -2.15. The SMILES string of the molecule is CCCc1ccc(C)c(Nc2ncc(Cl)c(Nc3ccccc3SC(C)C)n2)c1. The minimum Gasteiger partial charge on any atom is -0.338 e. The van der Waals surface area contributed by atoms with Crippen LogP contribution in [0.2, 0.25) is 5.02 Å². The average Bonchev–Trinajstić information content (AvgIpc) is 2.68. The molecule has 6 heteroatoms. The summed E-state index contributed by atoms with van der Waals surface area (Å²) in [5, 5.41) is 7.68. The first-order valence-electron chi connectivity index (χ1n) is 9.88. The van der Waals surface area contributed by atoms with Crippen LogP contribution < -0.4 is 10.6 Å². The first-order chi connectivity index (χ1) is 14.0. The van der Waals surface area contributed by atoms with Crippen LogP contribution in [0.4, 0.5) is 23.1 Å². The van der Waals surface area contributed by atoms with Crippen LogP contribution in [0.5, 0.6) is 0 Å². The minimum atomic E-state index is 0.481. The van der Waals surface area contributed by atoms with Crippen molar-refractivity contribution in [3.05, 3.63) is 64.8 Å². The van der Waals surface area contributed by atoms with Crippen molar-refractivity contribution in [3.63, 3.8) is 0 Å². The number of aromatic nitrogens is 2. The number of halogens is 1. The molecule has 29 heavy (non-hydrogen) atoms. The van der Waals surface area contributed by atoms with Crippen molar-refractivity contribution in [2.75, 3.05) is 10.6 Å². The zero-order valence-electron chi connectivity index (χ0n) is 17.3. The number of hydrogen-bond acceptors (Lipinski definition) is 5. The van der Waals surface area contributed by atoms with Crippen LogP contribution >= 0.6 is 23.4 Å². The summed E-state index contributed by atoms with van der Waals surface area (Å²) in [5.41, 5.74) is 4.45. The van der Waals surface area contributed by atoms with Crippen molar-refractivity contribution in [1.29, 1.82) is 0 Å². The van der Waals surface area contributed by atoms with E-state index in [0.29, 0.717) is 22.0 Å². The van der Waals surface area contributed by atoms with E-state index in [1.54, 1.807) is 18.0 Å². The number of benzene rings is 2. The Morgan fingerprint density at radius 2 is 1.86 bits per heavy atom. The van der Waals surface area contributed by atoms with Gasteiger partial charge in [0.05, 0.1) is 11.9 Å². The highest BCUT2D eigenvalue weighted by Gasteiger charge is 2.11. The normalized spacial score (nSPS) is 11.0. The Balaban J connectivity index is 1.85. The van der Waals surface area contributed by atoms with Crippen LogP contribution in [0, 0.1) is 6.92 Å². The molecule has 152 valence electrons. The number of hydrogen-bond donors (Lipinski definition) is 2. The van der Waals surface area contributed by atoms with Gasteiger partial charge in [0.1, 0.15) is 5.02 Å². The first kappa shape index (κ1) is 21.5. The third kappa shape index (κ3) is 5.87. The zero-order chi connectivity index (χ0) is 20.8. The Bertz CT molecular complexity index is 975. The fourth-order valence-corrected chi connectivity index (χ4v) is 3.99. The van der Waals surface area contributed by atoms with Crippen molar-refractivity contribution in [1.82, 2.24) is 9.97 Å². The van der Waals surface area contributed by atoms with Gasteiger partial charge < -0.3 is 10.6 Å². The number of nitrogens with zero attached hydrogens (tertiary/aromatic N) is 2. The van der Waals surface area contributed by atoms with Gasteiger partial charge in [0.15, 0.2) is 5.82 Å². The molecule has 3 aromatic rings. The molecule has 0 unspecified atom stereocenters. The van der Waals surface area contributed by atoms with E-state index in [9.17, 15) is 0 Å².